The molecule has 0 fully saturated rings. The lowest BCUT2D eigenvalue weighted by Crippen LogP contribution is -2.12. The highest BCUT2D eigenvalue weighted by Crippen LogP contribution is 2.06. The number of nitrogens with zero attached hydrogens (tertiary/aromatic N) is 1. The summed E-state index contributed by atoms with van der Waals surface area (Å²) in [6.07, 6.45) is 0.486. The number of aliphatic carboxylic acids is 1. The van der Waals surface area contributed by atoms with Gasteiger partial charge in [-0.2, -0.15) is 5.10 Å². The molecule has 12 heavy (non-hydrogen) atoms. The number of aryl methyl sites for hydroxylation is 1. The molecule has 66 valence electrons. The van der Waals surface area contributed by atoms with E-state index in [-0.39, 0.29) is 5.92 Å². The van der Waals surface area contributed by atoms with Gasteiger partial charge in [-0.15, -0.1) is 0 Å². The lowest BCUT2D eigenvalue weighted by molar-refractivity contribution is -0.141. The van der Waals surface area contributed by atoms with Crippen LogP contribution in [0.2, 0.25) is 0 Å². The number of aromatic nitrogens is 2. The van der Waals surface area contributed by atoms with Crippen LogP contribution >= 0.6 is 0 Å². The largest absolute Gasteiger partial charge is 0.481 e. The van der Waals surface area contributed by atoms with Crippen molar-refractivity contribution in [2.24, 2.45) is 5.92 Å². The van der Waals surface area contributed by atoms with Crippen LogP contribution in [-0.4, -0.2) is 21.3 Å². The summed E-state index contributed by atoms with van der Waals surface area (Å²) in [6.45, 7) is 3.56. The molecule has 0 aliphatic carbocycles. The smallest absolute Gasteiger partial charge is 0.306 e. The minimum absolute atomic E-state index is 0.368. The fraction of sp³-hybridized carbons (Fsp3) is 0.500. The third-order valence-electron chi connectivity index (χ3n) is 1.70. The zero-order chi connectivity index (χ0) is 9.14. The normalized spacial score (nSPS) is 12.8. The SMILES string of the molecule is Cc1cc(CC(C)C(=O)O)n[nH]1. The molecule has 0 bridgehead atoms. The number of hydrogen-bond acceptors (Lipinski definition) is 2. The van der Waals surface area contributed by atoms with Crippen molar-refractivity contribution in [3.63, 3.8) is 0 Å². The molecule has 1 aromatic heterocycles. The highest BCUT2D eigenvalue weighted by molar-refractivity contribution is 5.69. The number of hydrogen-bond donors (Lipinski definition) is 2. The van der Waals surface area contributed by atoms with Crippen LogP contribution in [0.3, 0.4) is 0 Å². The lowest BCUT2D eigenvalue weighted by atomic mass is 10.1. The van der Waals surface area contributed by atoms with Gasteiger partial charge in [0.15, 0.2) is 0 Å². The summed E-state index contributed by atoms with van der Waals surface area (Å²) in [5.41, 5.74) is 1.77. The van der Waals surface area contributed by atoms with E-state index >= 15 is 0 Å². The molecule has 1 unspecified atom stereocenters. The second kappa shape index (κ2) is 3.38. The minimum Gasteiger partial charge on any atom is -0.481 e. The van der Waals surface area contributed by atoms with E-state index in [1.165, 1.54) is 0 Å². The lowest BCUT2D eigenvalue weighted by Gasteiger charge is -2.01. The first-order valence-electron chi connectivity index (χ1n) is 3.83. The van der Waals surface area contributed by atoms with Crippen LogP contribution in [0, 0.1) is 12.8 Å². The first-order valence-corrected chi connectivity index (χ1v) is 3.83. The van der Waals surface area contributed by atoms with Crippen molar-refractivity contribution in [3.05, 3.63) is 17.5 Å². The summed E-state index contributed by atoms with van der Waals surface area (Å²) < 4.78 is 0. The van der Waals surface area contributed by atoms with Crippen LogP contribution in [0.1, 0.15) is 18.3 Å². The second-order valence-electron chi connectivity index (χ2n) is 2.99. The van der Waals surface area contributed by atoms with E-state index in [1.54, 1.807) is 6.92 Å². The zero-order valence-corrected chi connectivity index (χ0v) is 7.16. The van der Waals surface area contributed by atoms with E-state index in [0.29, 0.717) is 6.42 Å². The quantitative estimate of drug-likeness (QED) is 0.707. The van der Waals surface area contributed by atoms with E-state index in [4.69, 9.17) is 5.11 Å². The van der Waals surface area contributed by atoms with E-state index in [1.807, 2.05) is 13.0 Å². The standard InChI is InChI=1S/C8H12N2O2/c1-5(8(11)12)3-7-4-6(2)9-10-7/h4-5H,3H2,1-2H3,(H,9,10)(H,11,12). The van der Waals surface area contributed by atoms with Crippen molar-refractivity contribution in [1.82, 2.24) is 10.2 Å². The maximum atomic E-state index is 10.5. The van der Waals surface area contributed by atoms with E-state index < -0.39 is 5.97 Å². The molecule has 0 saturated heterocycles. The highest BCUT2D eigenvalue weighted by Gasteiger charge is 2.12. The molecule has 1 heterocycles. The average molecular weight is 168 g/mol. The van der Waals surface area contributed by atoms with Gasteiger partial charge in [0.2, 0.25) is 0 Å². The summed E-state index contributed by atoms with van der Waals surface area (Å²) in [6, 6.07) is 1.86. The molecule has 1 atom stereocenters. The Morgan fingerprint density at radius 1 is 1.83 bits per heavy atom. The Kier molecular flexibility index (Phi) is 2.47. The van der Waals surface area contributed by atoms with Crippen LogP contribution in [0.4, 0.5) is 0 Å². The van der Waals surface area contributed by atoms with Crippen LogP contribution in [0.15, 0.2) is 6.07 Å². The maximum Gasteiger partial charge on any atom is 0.306 e. The third kappa shape index (κ3) is 2.08. The summed E-state index contributed by atoms with van der Waals surface area (Å²) in [5.74, 6) is -1.15. The van der Waals surface area contributed by atoms with Crippen LogP contribution in [-0.2, 0) is 11.2 Å². The molecule has 1 rings (SSSR count). The van der Waals surface area contributed by atoms with Crippen molar-refractivity contribution in [2.45, 2.75) is 20.3 Å². The van der Waals surface area contributed by atoms with Crippen molar-refractivity contribution in [2.75, 3.05) is 0 Å². The van der Waals surface area contributed by atoms with Crippen molar-refractivity contribution < 1.29 is 9.90 Å². The Hall–Kier alpha value is -1.32. The highest BCUT2D eigenvalue weighted by atomic mass is 16.4. The summed E-state index contributed by atoms with van der Waals surface area (Å²) in [4.78, 5) is 10.5. The summed E-state index contributed by atoms with van der Waals surface area (Å²) in [7, 11) is 0. The number of carbonyl (C=O) groups is 1. The molecule has 0 saturated carbocycles. The monoisotopic (exact) mass is 168 g/mol. The van der Waals surface area contributed by atoms with Crippen molar-refractivity contribution in [3.8, 4) is 0 Å². The molecule has 0 radical (unpaired) electrons. The van der Waals surface area contributed by atoms with Gasteiger partial charge in [0.25, 0.3) is 0 Å². The number of aromatic amines is 1. The molecule has 2 N–H and O–H groups in total. The molecule has 4 nitrogen and oxygen atoms in total. The molecule has 1 aromatic rings. The molecular weight excluding hydrogens is 156 g/mol. The molecule has 0 aromatic carbocycles. The van der Waals surface area contributed by atoms with Gasteiger partial charge in [-0.25, -0.2) is 0 Å². The van der Waals surface area contributed by atoms with Crippen LogP contribution < -0.4 is 0 Å². The van der Waals surface area contributed by atoms with Gasteiger partial charge in [0.1, 0.15) is 0 Å². The third-order valence-corrected chi connectivity index (χ3v) is 1.70. The Morgan fingerprint density at radius 3 is 2.92 bits per heavy atom. The summed E-state index contributed by atoms with van der Waals surface area (Å²) in [5, 5.41) is 15.3. The second-order valence-corrected chi connectivity index (χ2v) is 2.99. The van der Waals surface area contributed by atoms with E-state index in [9.17, 15) is 4.79 Å². The van der Waals surface area contributed by atoms with Gasteiger partial charge in [-0.3, -0.25) is 9.89 Å². The van der Waals surface area contributed by atoms with E-state index in [0.717, 1.165) is 11.4 Å². The topological polar surface area (TPSA) is 66.0 Å². The zero-order valence-electron chi connectivity index (χ0n) is 7.16. The fourth-order valence-electron chi connectivity index (χ4n) is 0.980. The van der Waals surface area contributed by atoms with Crippen LogP contribution in [0.5, 0.6) is 0 Å². The van der Waals surface area contributed by atoms with Gasteiger partial charge in [-0.1, -0.05) is 6.92 Å². The Bertz CT molecular complexity index is 280. The Balaban J connectivity index is 2.58. The maximum absolute atomic E-state index is 10.5. The van der Waals surface area contributed by atoms with Crippen LogP contribution in [0.25, 0.3) is 0 Å². The molecule has 0 amide bonds. The molecule has 0 aliphatic heterocycles. The minimum atomic E-state index is -0.782. The van der Waals surface area contributed by atoms with Crippen molar-refractivity contribution in [1.29, 1.82) is 0 Å². The summed E-state index contributed by atoms with van der Waals surface area (Å²) >= 11 is 0. The number of carboxylic acid groups (broad SMARTS) is 1. The predicted octanol–water partition coefficient (Wildman–Crippen LogP) is 0.981. The number of H-pyrrole nitrogens is 1. The van der Waals surface area contributed by atoms with Gasteiger partial charge >= 0.3 is 5.97 Å². The van der Waals surface area contributed by atoms with Gasteiger partial charge in [0, 0.05) is 12.1 Å². The molecular formula is C8H12N2O2. The molecule has 0 spiro atoms. The first-order chi connectivity index (χ1) is 5.59. The predicted molar refractivity (Wildman–Crippen MR) is 43.8 cm³/mol. The Labute approximate surface area is 70.6 Å². The van der Waals surface area contributed by atoms with Gasteiger partial charge in [-0.05, 0) is 13.0 Å². The number of rotatable bonds is 3. The number of carboxylic acids is 1. The van der Waals surface area contributed by atoms with Gasteiger partial charge < -0.3 is 5.11 Å². The Morgan fingerprint density at radius 2 is 2.50 bits per heavy atom. The van der Waals surface area contributed by atoms with Crippen molar-refractivity contribution >= 4 is 5.97 Å². The average Bonchev–Trinajstić information content (AvgIpc) is 2.35. The number of nitrogens with one attached hydrogen (secondary N) is 1. The fourth-order valence-corrected chi connectivity index (χ4v) is 0.980. The molecule has 0 aliphatic rings. The van der Waals surface area contributed by atoms with E-state index in [2.05, 4.69) is 10.2 Å². The van der Waals surface area contributed by atoms with Gasteiger partial charge in [0.05, 0.1) is 11.6 Å². The first kappa shape index (κ1) is 8.77. The molecule has 4 heteroatoms.